The minimum Gasteiger partial charge on any atom is -0.351 e. The summed E-state index contributed by atoms with van der Waals surface area (Å²) < 4.78 is 0. The second kappa shape index (κ2) is 6.16. The first-order valence-corrected chi connectivity index (χ1v) is 8.94. The van der Waals surface area contributed by atoms with Crippen LogP contribution in [0.2, 0.25) is 0 Å². The van der Waals surface area contributed by atoms with E-state index in [0.717, 1.165) is 34.6 Å². The van der Waals surface area contributed by atoms with Gasteiger partial charge in [0.05, 0.1) is 15.9 Å². The van der Waals surface area contributed by atoms with Crippen LogP contribution in [0.15, 0.2) is 30.3 Å². The third-order valence-corrected chi connectivity index (χ3v) is 5.54. The molecule has 1 amide bonds. The Morgan fingerprint density at radius 1 is 1.26 bits per heavy atom. The average Bonchev–Trinajstić information content (AvgIpc) is 3.18. The normalized spacial score (nSPS) is 13.9. The monoisotopic (exact) mass is 325 g/mol. The Morgan fingerprint density at radius 3 is 3.00 bits per heavy atom. The third-order valence-electron chi connectivity index (χ3n) is 4.31. The highest BCUT2D eigenvalue weighted by Gasteiger charge is 2.17. The summed E-state index contributed by atoms with van der Waals surface area (Å²) in [5.74, 6) is 0.956. The van der Waals surface area contributed by atoms with Crippen molar-refractivity contribution in [3.8, 4) is 0 Å². The van der Waals surface area contributed by atoms with Crippen LogP contribution in [-0.2, 0) is 19.3 Å². The van der Waals surface area contributed by atoms with Crippen LogP contribution < -0.4 is 5.32 Å². The van der Waals surface area contributed by atoms with Gasteiger partial charge < -0.3 is 10.3 Å². The highest BCUT2D eigenvalue weighted by molar-refractivity contribution is 7.14. The summed E-state index contributed by atoms with van der Waals surface area (Å²) >= 11 is 1.66. The van der Waals surface area contributed by atoms with E-state index in [0.29, 0.717) is 13.0 Å². The van der Waals surface area contributed by atoms with Gasteiger partial charge in [-0.15, -0.1) is 11.3 Å². The van der Waals surface area contributed by atoms with Gasteiger partial charge in [0.25, 0.3) is 5.91 Å². The summed E-state index contributed by atoms with van der Waals surface area (Å²) in [5.41, 5.74) is 3.39. The van der Waals surface area contributed by atoms with Crippen molar-refractivity contribution in [2.45, 2.75) is 32.1 Å². The van der Waals surface area contributed by atoms with E-state index < -0.39 is 0 Å². The molecule has 4 nitrogen and oxygen atoms in total. The fraction of sp³-hybridized carbons (Fsp3) is 0.333. The van der Waals surface area contributed by atoms with Gasteiger partial charge in [-0.05, 0) is 49.4 Å². The van der Waals surface area contributed by atoms with Crippen LogP contribution in [0.3, 0.4) is 0 Å². The number of H-pyrrole nitrogens is 1. The maximum atomic E-state index is 12.3. The van der Waals surface area contributed by atoms with E-state index in [2.05, 4.69) is 21.4 Å². The number of hydrogen-bond acceptors (Lipinski definition) is 3. The minimum absolute atomic E-state index is 0.0421. The number of nitrogens with one attached hydrogen (secondary N) is 2. The minimum atomic E-state index is 0.0421. The maximum Gasteiger partial charge on any atom is 0.261 e. The molecule has 0 bridgehead atoms. The predicted molar refractivity (Wildman–Crippen MR) is 93.1 cm³/mol. The topological polar surface area (TPSA) is 57.8 Å². The number of amides is 1. The molecule has 0 saturated carbocycles. The number of fused-ring (bicyclic) bond motifs is 2. The lowest BCUT2D eigenvalue weighted by Gasteiger charge is -2.08. The van der Waals surface area contributed by atoms with Crippen molar-refractivity contribution in [1.29, 1.82) is 0 Å². The first kappa shape index (κ1) is 14.5. The molecular formula is C18H19N3OS. The van der Waals surface area contributed by atoms with Crippen LogP contribution in [0.4, 0.5) is 0 Å². The molecule has 2 heterocycles. The van der Waals surface area contributed by atoms with Gasteiger partial charge in [-0.3, -0.25) is 4.79 Å². The number of aryl methyl sites for hydroxylation is 2. The lowest BCUT2D eigenvalue weighted by molar-refractivity contribution is 0.0958. The Bertz CT molecular complexity index is 792. The van der Waals surface area contributed by atoms with E-state index in [4.69, 9.17) is 0 Å². The van der Waals surface area contributed by atoms with E-state index in [9.17, 15) is 4.79 Å². The van der Waals surface area contributed by atoms with Crippen molar-refractivity contribution in [2.24, 2.45) is 0 Å². The number of benzene rings is 1. The number of hydrogen-bond donors (Lipinski definition) is 2. The second-order valence-electron chi connectivity index (χ2n) is 5.97. The largest absolute Gasteiger partial charge is 0.351 e. The van der Waals surface area contributed by atoms with E-state index in [1.165, 1.54) is 23.3 Å². The molecule has 0 spiro atoms. The van der Waals surface area contributed by atoms with Crippen molar-refractivity contribution < 1.29 is 4.79 Å². The van der Waals surface area contributed by atoms with Gasteiger partial charge in [0.1, 0.15) is 5.82 Å². The number of carbonyl (C=O) groups excluding carboxylic acids is 1. The van der Waals surface area contributed by atoms with E-state index in [-0.39, 0.29) is 5.91 Å². The SMILES string of the molecule is O=C(NCCc1nc2ccccc2[nH]1)c1cc2c(s1)CCCC2. The Balaban J connectivity index is 1.37. The van der Waals surface area contributed by atoms with Gasteiger partial charge >= 0.3 is 0 Å². The summed E-state index contributed by atoms with van der Waals surface area (Å²) in [4.78, 5) is 22.4. The third kappa shape index (κ3) is 3.01. The Morgan fingerprint density at radius 2 is 2.13 bits per heavy atom. The van der Waals surface area contributed by atoms with Gasteiger partial charge in [-0.2, -0.15) is 0 Å². The zero-order valence-corrected chi connectivity index (χ0v) is 13.7. The van der Waals surface area contributed by atoms with Crippen LogP contribution in [0.1, 0.15) is 38.8 Å². The van der Waals surface area contributed by atoms with Crippen molar-refractivity contribution in [3.05, 3.63) is 51.5 Å². The standard InChI is InChI=1S/C18H19N3OS/c22-18(16-11-12-5-1-4-8-15(12)23-16)19-10-9-17-20-13-6-2-3-7-14(13)21-17/h2-3,6-7,11H,1,4-5,8-10H2,(H,19,22)(H,20,21). The zero-order valence-electron chi connectivity index (χ0n) is 12.9. The van der Waals surface area contributed by atoms with Crippen LogP contribution >= 0.6 is 11.3 Å². The fourth-order valence-corrected chi connectivity index (χ4v) is 4.28. The van der Waals surface area contributed by atoms with E-state index >= 15 is 0 Å². The quantitative estimate of drug-likeness (QED) is 0.771. The number of nitrogens with zero attached hydrogens (tertiary/aromatic N) is 1. The number of imidazole rings is 1. The first-order chi connectivity index (χ1) is 11.3. The molecule has 3 aromatic rings. The molecule has 0 aliphatic heterocycles. The van der Waals surface area contributed by atoms with Crippen molar-refractivity contribution in [2.75, 3.05) is 6.54 Å². The number of rotatable bonds is 4. The smallest absolute Gasteiger partial charge is 0.261 e. The molecule has 2 N–H and O–H groups in total. The number of para-hydroxylation sites is 2. The molecule has 2 aromatic heterocycles. The fourth-order valence-electron chi connectivity index (χ4n) is 3.11. The Kier molecular flexibility index (Phi) is 3.87. The number of aromatic nitrogens is 2. The molecule has 0 fully saturated rings. The zero-order chi connectivity index (χ0) is 15.6. The molecule has 0 radical (unpaired) electrons. The molecule has 118 valence electrons. The van der Waals surface area contributed by atoms with Crippen LogP contribution in [0.25, 0.3) is 11.0 Å². The lowest BCUT2D eigenvalue weighted by Crippen LogP contribution is -2.25. The molecule has 23 heavy (non-hydrogen) atoms. The number of aromatic amines is 1. The van der Waals surface area contributed by atoms with Gasteiger partial charge in [0, 0.05) is 17.8 Å². The molecule has 5 heteroatoms. The lowest BCUT2D eigenvalue weighted by atomic mass is 9.99. The van der Waals surface area contributed by atoms with Crippen LogP contribution in [0, 0.1) is 0 Å². The number of thiophene rings is 1. The molecule has 0 unspecified atom stereocenters. The average molecular weight is 325 g/mol. The Labute approximate surface area is 138 Å². The highest BCUT2D eigenvalue weighted by atomic mass is 32.1. The van der Waals surface area contributed by atoms with Gasteiger partial charge in [0.15, 0.2) is 0 Å². The van der Waals surface area contributed by atoms with Crippen LogP contribution in [0.5, 0.6) is 0 Å². The molecule has 0 saturated heterocycles. The molecule has 1 aliphatic carbocycles. The number of carbonyl (C=O) groups is 1. The van der Waals surface area contributed by atoms with Crippen LogP contribution in [-0.4, -0.2) is 22.4 Å². The summed E-state index contributed by atoms with van der Waals surface area (Å²) in [6, 6.07) is 10.1. The van der Waals surface area contributed by atoms with Gasteiger partial charge in [0.2, 0.25) is 0 Å². The molecule has 4 rings (SSSR count). The molecule has 1 aliphatic rings. The van der Waals surface area contributed by atoms with Crippen molar-refractivity contribution >= 4 is 28.3 Å². The molecule has 0 atom stereocenters. The maximum absolute atomic E-state index is 12.3. The predicted octanol–water partition coefficient (Wildman–Crippen LogP) is 3.48. The Hall–Kier alpha value is -2.14. The highest BCUT2D eigenvalue weighted by Crippen LogP contribution is 2.29. The molecular weight excluding hydrogens is 306 g/mol. The van der Waals surface area contributed by atoms with E-state index in [1.54, 1.807) is 11.3 Å². The summed E-state index contributed by atoms with van der Waals surface area (Å²) in [5, 5.41) is 3.01. The molecule has 1 aromatic carbocycles. The first-order valence-electron chi connectivity index (χ1n) is 8.13. The summed E-state index contributed by atoms with van der Waals surface area (Å²) in [6.45, 7) is 0.598. The van der Waals surface area contributed by atoms with E-state index in [1.807, 2.05) is 24.3 Å². The van der Waals surface area contributed by atoms with Gasteiger partial charge in [-0.1, -0.05) is 12.1 Å². The van der Waals surface area contributed by atoms with Crippen molar-refractivity contribution in [1.82, 2.24) is 15.3 Å². The second-order valence-corrected chi connectivity index (χ2v) is 7.11. The summed E-state index contributed by atoms with van der Waals surface area (Å²) in [6.07, 6.45) is 5.47. The van der Waals surface area contributed by atoms with Gasteiger partial charge in [-0.25, -0.2) is 4.98 Å². The van der Waals surface area contributed by atoms with Crippen molar-refractivity contribution in [3.63, 3.8) is 0 Å². The summed E-state index contributed by atoms with van der Waals surface area (Å²) in [7, 11) is 0.